The van der Waals surface area contributed by atoms with Crippen LogP contribution in [0.2, 0.25) is 0 Å². The monoisotopic (exact) mass is 448 g/mol. The van der Waals surface area contributed by atoms with Gasteiger partial charge in [-0.1, -0.05) is 18.2 Å². The number of hydrogen-bond donors (Lipinski definition) is 2. The lowest BCUT2D eigenvalue weighted by molar-refractivity contribution is 0.321. The zero-order valence-electron chi connectivity index (χ0n) is 18.8. The summed E-state index contributed by atoms with van der Waals surface area (Å²) >= 11 is 0. The van der Waals surface area contributed by atoms with Gasteiger partial charge >= 0.3 is 0 Å². The van der Waals surface area contributed by atoms with Gasteiger partial charge in [0, 0.05) is 11.1 Å². The lowest BCUT2D eigenvalue weighted by atomic mass is 9.82. The fourth-order valence-electron chi connectivity index (χ4n) is 4.04. The van der Waals surface area contributed by atoms with Crippen molar-refractivity contribution in [2.75, 3.05) is 27.9 Å². The Bertz CT molecular complexity index is 1260. The first-order valence-electron chi connectivity index (χ1n) is 10.3. The predicted molar refractivity (Wildman–Crippen MR) is 121 cm³/mol. The first-order valence-corrected chi connectivity index (χ1v) is 10.3. The molecule has 0 radical (unpaired) electrons. The highest BCUT2D eigenvalue weighted by Gasteiger charge is 2.38. The highest BCUT2D eigenvalue weighted by Crippen LogP contribution is 2.51. The number of aromatic amines is 1. The molecule has 9 nitrogen and oxygen atoms in total. The lowest BCUT2D eigenvalue weighted by Crippen LogP contribution is -2.21. The average Bonchev–Trinajstić information content (AvgIpc) is 3.25. The lowest BCUT2D eigenvalue weighted by Gasteiger charge is -2.26. The molecule has 0 spiro atoms. The van der Waals surface area contributed by atoms with Crippen LogP contribution in [-0.4, -0.2) is 38.1 Å². The number of nitrogens with two attached hydrogens (primary N) is 1. The van der Waals surface area contributed by atoms with Gasteiger partial charge in [-0.3, -0.25) is 5.10 Å². The van der Waals surface area contributed by atoms with Gasteiger partial charge in [0.1, 0.15) is 17.4 Å². The Morgan fingerprint density at radius 2 is 1.91 bits per heavy atom. The molecule has 170 valence electrons. The summed E-state index contributed by atoms with van der Waals surface area (Å²) in [6.45, 7) is 2.46. The largest absolute Gasteiger partial charge is 0.494 e. The zero-order chi connectivity index (χ0) is 23.5. The molecule has 3 aromatic rings. The number of rotatable bonds is 7. The molecule has 2 heterocycles. The minimum atomic E-state index is -0.627. The van der Waals surface area contributed by atoms with E-state index in [1.54, 1.807) is 13.2 Å². The van der Waals surface area contributed by atoms with Crippen LogP contribution in [-0.2, 0) is 0 Å². The van der Waals surface area contributed by atoms with Crippen molar-refractivity contribution in [1.82, 2.24) is 10.2 Å². The average molecular weight is 448 g/mol. The molecule has 9 heteroatoms. The number of nitriles is 1. The van der Waals surface area contributed by atoms with Gasteiger partial charge in [0.2, 0.25) is 17.5 Å². The van der Waals surface area contributed by atoms with E-state index >= 15 is 0 Å². The number of aromatic nitrogens is 2. The number of ether oxygens (including phenoxy) is 5. The van der Waals surface area contributed by atoms with Gasteiger partial charge in [-0.15, -0.1) is 5.10 Å². The van der Waals surface area contributed by atoms with E-state index in [4.69, 9.17) is 29.4 Å². The molecule has 0 aliphatic carbocycles. The summed E-state index contributed by atoms with van der Waals surface area (Å²) in [4.78, 5) is 0. The molecule has 0 saturated carbocycles. The Morgan fingerprint density at radius 1 is 1.12 bits per heavy atom. The van der Waals surface area contributed by atoms with Crippen molar-refractivity contribution in [2.45, 2.75) is 12.8 Å². The summed E-state index contributed by atoms with van der Waals surface area (Å²) in [5.74, 6) is 1.68. The standard InChI is InChI=1S/C24H24N4O5/c1-5-32-14-8-6-7-13(11-14)20-19-18(16(12-25)23(26)33-24(19)28-27-20)15-9-10-17(29-2)22(31-4)21(15)30-3/h6-11,18H,5,26H2,1-4H3,(H,27,28). The summed E-state index contributed by atoms with van der Waals surface area (Å²) in [6.07, 6.45) is 0. The molecule has 1 aliphatic heterocycles. The maximum atomic E-state index is 10.0. The zero-order valence-corrected chi connectivity index (χ0v) is 18.8. The fourth-order valence-corrected chi connectivity index (χ4v) is 4.04. The van der Waals surface area contributed by atoms with E-state index in [2.05, 4.69) is 16.3 Å². The van der Waals surface area contributed by atoms with Crippen molar-refractivity contribution in [1.29, 1.82) is 5.26 Å². The van der Waals surface area contributed by atoms with E-state index in [9.17, 15) is 5.26 Å². The number of allylic oxidation sites excluding steroid dienone is 1. The molecule has 1 unspecified atom stereocenters. The van der Waals surface area contributed by atoms with Crippen molar-refractivity contribution in [3.8, 4) is 46.2 Å². The van der Waals surface area contributed by atoms with Crippen LogP contribution in [0.5, 0.6) is 28.9 Å². The number of nitrogens with zero attached hydrogens (tertiary/aromatic N) is 2. The number of hydrogen-bond acceptors (Lipinski definition) is 8. The molecule has 33 heavy (non-hydrogen) atoms. The Hall–Kier alpha value is -4.32. The van der Waals surface area contributed by atoms with Gasteiger partial charge in [0.15, 0.2) is 11.5 Å². The molecular weight excluding hydrogens is 424 g/mol. The minimum absolute atomic E-state index is 0.0204. The maximum Gasteiger partial charge on any atom is 0.244 e. The van der Waals surface area contributed by atoms with Crippen molar-refractivity contribution >= 4 is 0 Å². The summed E-state index contributed by atoms with van der Waals surface area (Å²) < 4.78 is 28.0. The summed E-state index contributed by atoms with van der Waals surface area (Å²) in [6, 6.07) is 13.4. The highest BCUT2D eigenvalue weighted by molar-refractivity contribution is 5.73. The second-order valence-electron chi connectivity index (χ2n) is 7.13. The molecule has 1 atom stereocenters. The second kappa shape index (κ2) is 9.04. The van der Waals surface area contributed by atoms with Crippen LogP contribution in [0.4, 0.5) is 0 Å². The molecule has 2 aromatic carbocycles. The molecule has 0 saturated heterocycles. The van der Waals surface area contributed by atoms with Gasteiger partial charge in [0.05, 0.1) is 45.1 Å². The fraction of sp³-hybridized carbons (Fsp3) is 0.250. The van der Waals surface area contributed by atoms with E-state index in [0.717, 1.165) is 5.56 Å². The normalized spacial score (nSPS) is 14.7. The first kappa shape index (κ1) is 21.9. The Labute approximate surface area is 191 Å². The number of benzene rings is 2. The van der Waals surface area contributed by atoms with Crippen LogP contribution < -0.4 is 29.4 Å². The molecule has 0 amide bonds. The Balaban J connectivity index is 1.97. The van der Waals surface area contributed by atoms with Crippen molar-refractivity contribution in [2.24, 2.45) is 5.73 Å². The van der Waals surface area contributed by atoms with Crippen molar-refractivity contribution < 1.29 is 23.7 Å². The maximum absolute atomic E-state index is 10.0. The number of nitrogens with one attached hydrogen (secondary N) is 1. The van der Waals surface area contributed by atoms with E-state index in [0.29, 0.717) is 46.4 Å². The SMILES string of the molecule is CCOc1cccc(-c2[nH]nc3c2C(c2ccc(OC)c(OC)c2OC)C(C#N)=C(N)O3)c1. The van der Waals surface area contributed by atoms with Gasteiger partial charge < -0.3 is 29.4 Å². The molecule has 4 rings (SSSR count). The topological polar surface area (TPSA) is 125 Å². The number of fused-ring (bicyclic) bond motifs is 1. The summed E-state index contributed by atoms with van der Waals surface area (Å²) in [5, 5.41) is 17.4. The third-order valence-electron chi connectivity index (χ3n) is 5.42. The summed E-state index contributed by atoms with van der Waals surface area (Å²) in [5.41, 5.74) is 9.16. The highest BCUT2D eigenvalue weighted by atomic mass is 16.5. The third-order valence-corrected chi connectivity index (χ3v) is 5.42. The van der Waals surface area contributed by atoms with E-state index < -0.39 is 5.92 Å². The molecule has 1 aromatic heterocycles. The van der Waals surface area contributed by atoms with Gasteiger partial charge in [-0.25, -0.2) is 0 Å². The van der Waals surface area contributed by atoms with Crippen LogP contribution in [0, 0.1) is 11.3 Å². The van der Waals surface area contributed by atoms with Crippen molar-refractivity contribution in [3.05, 3.63) is 59.0 Å². The van der Waals surface area contributed by atoms with E-state index in [-0.39, 0.29) is 17.3 Å². The predicted octanol–water partition coefficient (Wildman–Crippen LogP) is 3.72. The van der Waals surface area contributed by atoms with Crippen LogP contribution >= 0.6 is 0 Å². The van der Waals surface area contributed by atoms with Crippen LogP contribution in [0.15, 0.2) is 47.9 Å². The Morgan fingerprint density at radius 3 is 2.58 bits per heavy atom. The Kier molecular flexibility index (Phi) is 6.00. The van der Waals surface area contributed by atoms with Crippen LogP contribution in [0.25, 0.3) is 11.3 Å². The minimum Gasteiger partial charge on any atom is -0.494 e. The van der Waals surface area contributed by atoms with E-state index in [1.165, 1.54) is 14.2 Å². The van der Waals surface area contributed by atoms with E-state index in [1.807, 2.05) is 37.3 Å². The van der Waals surface area contributed by atoms with Crippen LogP contribution in [0.1, 0.15) is 24.0 Å². The first-order chi connectivity index (χ1) is 16.1. The molecular formula is C24H24N4O5. The number of methoxy groups -OCH3 is 3. The third kappa shape index (κ3) is 3.65. The quantitative estimate of drug-likeness (QED) is 0.560. The van der Waals surface area contributed by atoms with Crippen LogP contribution in [0.3, 0.4) is 0 Å². The van der Waals surface area contributed by atoms with Crippen molar-refractivity contribution in [3.63, 3.8) is 0 Å². The smallest absolute Gasteiger partial charge is 0.244 e. The van der Waals surface area contributed by atoms with Gasteiger partial charge in [-0.2, -0.15) is 5.26 Å². The molecule has 1 aliphatic rings. The molecule has 3 N–H and O–H groups in total. The van der Waals surface area contributed by atoms with Gasteiger partial charge in [-0.05, 0) is 25.1 Å². The molecule has 0 fully saturated rings. The van der Waals surface area contributed by atoms with Gasteiger partial charge in [0.25, 0.3) is 0 Å². The summed E-state index contributed by atoms with van der Waals surface area (Å²) in [7, 11) is 4.60. The second-order valence-corrected chi connectivity index (χ2v) is 7.13. The number of H-pyrrole nitrogens is 1. The molecule has 0 bridgehead atoms.